The molecule has 3 heteroatoms. The average molecular weight is 269 g/mol. The summed E-state index contributed by atoms with van der Waals surface area (Å²) in [5.74, 6) is -0.554. The van der Waals surface area contributed by atoms with E-state index in [1.807, 2.05) is 42.5 Å². The van der Waals surface area contributed by atoms with Crippen LogP contribution >= 0.6 is 0 Å². The van der Waals surface area contributed by atoms with Gasteiger partial charge in [0.1, 0.15) is 11.6 Å². The highest BCUT2D eigenvalue weighted by atomic mass is 16.5. The molecule has 0 atom stereocenters. The highest BCUT2D eigenvalue weighted by Gasteiger charge is 2.08. The van der Waals surface area contributed by atoms with Gasteiger partial charge in [0.2, 0.25) is 0 Å². The third-order valence-electron chi connectivity index (χ3n) is 2.67. The van der Waals surface area contributed by atoms with Gasteiger partial charge in [-0.15, -0.1) is 0 Å². The Hall–Kier alpha value is -2.34. The van der Waals surface area contributed by atoms with Crippen molar-refractivity contribution >= 4 is 12.0 Å². The highest BCUT2D eigenvalue weighted by molar-refractivity contribution is 5.93. The molecular formula is C17H19NO2. The van der Waals surface area contributed by atoms with Gasteiger partial charge < -0.3 is 4.74 Å². The van der Waals surface area contributed by atoms with Crippen LogP contribution in [0.15, 0.2) is 48.1 Å². The molecule has 0 radical (unpaired) electrons. The first-order valence-electron chi connectivity index (χ1n) is 6.78. The summed E-state index contributed by atoms with van der Waals surface area (Å²) in [5.41, 5.74) is 1.03. The van der Waals surface area contributed by atoms with E-state index in [1.54, 1.807) is 6.08 Å². The van der Waals surface area contributed by atoms with Crippen molar-refractivity contribution < 1.29 is 9.53 Å². The summed E-state index contributed by atoms with van der Waals surface area (Å²) in [4.78, 5) is 11.6. The first kappa shape index (κ1) is 15.7. The molecule has 0 saturated carbocycles. The quantitative estimate of drug-likeness (QED) is 0.248. The summed E-state index contributed by atoms with van der Waals surface area (Å²) in [6.07, 6.45) is 7.92. The Morgan fingerprint density at radius 1 is 1.30 bits per heavy atom. The number of allylic oxidation sites excluding steroid dienone is 2. The SMILES string of the molecule is CCCCCOC(=O)/C(C#N)=C/C=C/c1ccccc1. The minimum Gasteiger partial charge on any atom is -0.462 e. The molecule has 0 aliphatic rings. The van der Waals surface area contributed by atoms with E-state index in [-0.39, 0.29) is 5.57 Å². The third kappa shape index (κ3) is 6.01. The molecule has 0 N–H and O–H groups in total. The second kappa shape index (κ2) is 9.57. The van der Waals surface area contributed by atoms with Crippen molar-refractivity contribution in [3.8, 4) is 6.07 Å². The normalized spacial score (nSPS) is 11.3. The topological polar surface area (TPSA) is 50.1 Å². The Morgan fingerprint density at radius 2 is 2.05 bits per heavy atom. The zero-order valence-corrected chi connectivity index (χ0v) is 11.7. The second-order valence-electron chi connectivity index (χ2n) is 4.30. The van der Waals surface area contributed by atoms with Crippen LogP contribution in [0.5, 0.6) is 0 Å². The summed E-state index contributed by atoms with van der Waals surface area (Å²) in [6, 6.07) is 11.5. The van der Waals surface area contributed by atoms with Gasteiger partial charge in [-0.25, -0.2) is 4.79 Å². The van der Waals surface area contributed by atoms with Gasteiger partial charge in [0, 0.05) is 0 Å². The van der Waals surface area contributed by atoms with Crippen molar-refractivity contribution in [3.05, 3.63) is 53.6 Å². The van der Waals surface area contributed by atoms with Crippen LogP contribution in [0.3, 0.4) is 0 Å². The Kier molecular flexibility index (Phi) is 7.52. The lowest BCUT2D eigenvalue weighted by molar-refractivity contribution is -0.138. The van der Waals surface area contributed by atoms with Gasteiger partial charge in [-0.2, -0.15) is 5.26 Å². The Labute approximate surface area is 120 Å². The lowest BCUT2D eigenvalue weighted by Gasteiger charge is -2.02. The van der Waals surface area contributed by atoms with Crippen LogP contribution in [-0.4, -0.2) is 12.6 Å². The van der Waals surface area contributed by atoms with Gasteiger partial charge in [0.15, 0.2) is 0 Å². The Bertz CT molecular complexity index is 510. The van der Waals surface area contributed by atoms with Gasteiger partial charge in [0.05, 0.1) is 6.61 Å². The van der Waals surface area contributed by atoms with Crippen LogP contribution in [0, 0.1) is 11.3 Å². The summed E-state index contributed by atoms with van der Waals surface area (Å²) in [6.45, 7) is 2.45. The summed E-state index contributed by atoms with van der Waals surface area (Å²) in [5, 5.41) is 8.94. The Morgan fingerprint density at radius 3 is 2.70 bits per heavy atom. The number of rotatable bonds is 7. The van der Waals surface area contributed by atoms with E-state index in [4.69, 9.17) is 10.00 Å². The van der Waals surface area contributed by atoms with Gasteiger partial charge in [-0.3, -0.25) is 0 Å². The van der Waals surface area contributed by atoms with Crippen LogP contribution in [0.4, 0.5) is 0 Å². The first-order chi connectivity index (χ1) is 9.77. The minimum atomic E-state index is -0.554. The van der Waals surface area contributed by atoms with E-state index in [9.17, 15) is 4.79 Å². The molecule has 0 heterocycles. The van der Waals surface area contributed by atoms with Gasteiger partial charge >= 0.3 is 5.97 Å². The smallest absolute Gasteiger partial charge is 0.348 e. The van der Waals surface area contributed by atoms with E-state index in [0.717, 1.165) is 24.8 Å². The van der Waals surface area contributed by atoms with Crippen LogP contribution in [0.25, 0.3) is 6.08 Å². The molecule has 0 unspecified atom stereocenters. The van der Waals surface area contributed by atoms with Crippen molar-refractivity contribution in [2.24, 2.45) is 0 Å². The van der Waals surface area contributed by atoms with Crippen molar-refractivity contribution in [2.45, 2.75) is 26.2 Å². The lowest BCUT2D eigenvalue weighted by atomic mass is 10.2. The predicted octanol–water partition coefficient (Wildman–Crippen LogP) is 3.88. The molecule has 0 aromatic heterocycles. The maximum atomic E-state index is 11.6. The van der Waals surface area contributed by atoms with Crippen molar-refractivity contribution in [2.75, 3.05) is 6.61 Å². The van der Waals surface area contributed by atoms with Crippen LogP contribution < -0.4 is 0 Å². The second-order valence-corrected chi connectivity index (χ2v) is 4.30. The number of benzene rings is 1. The van der Waals surface area contributed by atoms with Gasteiger partial charge in [-0.05, 0) is 18.1 Å². The number of nitrogens with zero attached hydrogens (tertiary/aromatic N) is 1. The van der Waals surface area contributed by atoms with Crippen molar-refractivity contribution in [3.63, 3.8) is 0 Å². The number of nitriles is 1. The highest BCUT2D eigenvalue weighted by Crippen LogP contribution is 2.04. The largest absolute Gasteiger partial charge is 0.462 e. The summed E-state index contributed by atoms with van der Waals surface area (Å²) >= 11 is 0. The maximum Gasteiger partial charge on any atom is 0.348 e. The maximum absolute atomic E-state index is 11.6. The lowest BCUT2D eigenvalue weighted by Crippen LogP contribution is -2.07. The fraction of sp³-hybridized carbons (Fsp3) is 0.294. The van der Waals surface area contributed by atoms with E-state index in [0.29, 0.717) is 6.61 Å². The molecule has 20 heavy (non-hydrogen) atoms. The van der Waals surface area contributed by atoms with E-state index >= 15 is 0 Å². The third-order valence-corrected chi connectivity index (χ3v) is 2.67. The van der Waals surface area contributed by atoms with Gasteiger partial charge in [-0.1, -0.05) is 62.2 Å². The molecule has 1 rings (SSSR count). The molecule has 1 aromatic carbocycles. The fourth-order valence-electron chi connectivity index (χ4n) is 1.57. The molecule has 3 nitrogen and oxygen atoms in total. The minimum absolute atomic E-state index is 0.0219. The van der Waals surface area contributed by atoms with Crippen LogP contribution in [0.2, 0.25) is 0 Å². The number of ether oxygens (including phenoxy) is 1. The molecule has 1 aromatic rings. The van der Waals surface area contributed by atoms with E-state index in [2.05, 4.69) is 6.92 Å². The number of carbonyl (C=O) groups is 1. The van der Waals surface area contributed by atoms with Gasteiger partial charge in [0.25, 0.3) is 0 Å². The predicted molar refractivity (Wildman–Crippen MR) is 79.7 cm³/mol. The first-order valence-corrected chi connectivity index (χ1v) is 6.78. The molecule has 0 spiro atoms. The molecule has 104 valence electrons. The van der Waals surface area contributed by atoms with Crippen molar-refractivity contribution in [1.29, 1.82) is 5.26 Å². The average Bonchev–Trinajstić information content (AvgIpc) is 2.49. The zero-order valence-electron chi connectivity index (χ0n) is 11.7. The number of esters is 1. The monoisotopic (exact) mass is 269 g/mol. The molecule has 0 aliphatic carbocycles. The molecule has 0 aliphatic heterocycles. The zero-order chi connectivity index (χ0) is 14.6. The standard InChI is InChI=1S/C17H19NO2/c1-2-3-7-13-20-17(19)16(14-18)12-8-11-15-9-5-4-6-10-15/h4-6,8-12H,2-3,7,13H2,1H3/b11-8+,16-12+. The molecule has 0 fully saturated rings. The number of carbonyl (C=O) groups excluding carboxylic acids is 1. The molecule has 0 saturated heterocycles. The summed E-state index contributed by atoms with van der Waals surface area (Å²) in [7, 11) is 0. The Balaban J connectivity index is 2.53. The van der Waals surface area contributed by atoms with Crippen LogP contribution in [0.1, 0.15) is 31.7 Å². The molecular weight excluding hydrogens is 250 g/mol. The molecule has 0 bridgehead atoms. The van der Waals surface area contributed by atoms with E-state index in [1.165, 1.54) is 6.08 Å². The molecule has 0 amide bonds. The number of hydrogen-bond donors (Lipinski definition) is 0. The number of hydrogen-bond acceptors (Lipinski definition) is 3. The van der Waals surface area contributed by atoms with Crippen molar-refractivity contribution in [1.82, 2.24) is 0 Å². The van der Waals surface area contributed by atoms with Crippen LogP contribution in [-0.2, 0) is 9.53 Å². The summed E-state index contributed by atoms with van der Waals surface area (Å²) < 4.78 is 5.04. The fourth-order valence-corrected chi connectivity index (χ4v) is 1.57. The van der Waals surface area contributed by atoms with E-state index < -0.39 is 5.97 Å². The number of unbranched alkanes of at least 4 members (excludes halogenated alkanes) is 2.